The number of nitrogens with zero attached hydrogens (tertiary/aromatic N) is 4. The molecule has 0 unspecified atom stereocenters. The predicted octanol–water partition coefficient (Wildman–Crippen LogP) is 2.39. The highest BCUT2D eigenvalue weighted by atomic mass is 16.4. The lowest BCUT2D eigenvalue weighted by atomic mass is 10.1. The van der Waals surface area contributed by atoms with E-state index in [0.717, 1.165) is 11.3 Å². The highest BCUT2D eigenvalue weighted by Crippen LogP contribution is 2.21. The normalized spacial score (nSPS) is 10.8. The monoisotopic (exact) mass is 367 g/mol. The predicted molar refractivity (Wildman–Crippen MR) is 99.8 cm³/mol. The number of anilines is 1. The molecule has 0 spiro atoms. The third kappa shape index (κ3) is 4.22. The van der Waals surface area contributed by atoms with Crippen LogP contribution in [0, 0.1) is 20.8 Å². The Hall–Kier alpha value is -3.42. The van der Waals surface area contributed by atoms with Crippen LogP contribution in [-0.2, 0) is 17.9 Å². The van der Waals surface area contributed by atoms with Crippen LogP contribution < -0.4 is 5.32 Å². The van der Waals surface area contributed by atoms with Gasteiger partial charge in [-0.3, -0.25) is 19.0 Å². The first-order chi connectivity index (χ1) is 12.8. The van der Waals surface area contributed by atoms with Crippen LogP contribution in [0.1, 0.15) is 33.0 Å². The zero-order chi connectivity index (χ0) is 19.6. The van der Waals surface area contributed by atoms with Gasteiger partial charge in [-0.1, -0.05) is 29.8 Å². The van der Waals surface area contributed by atoms with Gasteiger partial charge in [0.1, 0.15) is 6.54 Å². The number of aryl methyl sites for hydroxylation is 2. The minimum Gasteiger partial charge on any atom is -0.480 e. The second-order valence-electron chi connectivity index (χ2n) is 6.44. The average Bonchev–Trinajstić information content (AvgIpc) is 3.17. The number of carbonyl (C=O) groups excluding carboxylic acids is 1. The molecule has 2 heterocycles. The molecule has 8 nitrogen and oxygen atoms in total. The Balaban J connectivity index is 1.76. The number of carboxylic acids is 1. The van der Waals surface area contributed by atoms with Crippen molar-refractivity contribution in [3.63, 3.8) is 0 Å². The molecule has 0 radical (unpaired) electrons. The van der Waals surface area contributed by atoms with Crippen molar-refractivity contribution in [1.82, 2.24) is 19.6 Å². The number of benzene rings is 1. The summed E-state index contributed by atoms with van der Waals surface area (Å²) in [6.07, 6.45) is 1.46. The molecule has 0 saturated carbocycles. The van der Waals surface area contributed by atoms with Crippen molar-refractivity contribution in [2.45, 2.75) is 33.9 Å². The van der Waals surface area contributed by atoms with Gasteiger partial charge < -0.3 is 10.4 Å². The van der Waals surface area contributed by atoms with E-state index in [9.17, 15) is 9.59 Å². The maximum Gasteiger partial charge on any atom is 0.325 e. The highest BCUT2D eigenvalue weighted by molar-refractivity contribution is 6.03. The van der Waals surface area contributed by atoms with Crippen molar-refractivity contribution in [1.29, 1.82) is 0 Å². The fourth-order valence-electron chi connectivity index (χ4n) is 2.79. The summed E-state index contributed by atoms with van der Waals surface area (Å²) in [5, 5.41) is 20.1. The Bertz CT molecular complexity index is 985. The number of hydrogen-bond donors (Lipinski definition) is 2. The molecule has 1 amide bonds. The first kappa shape index (κ1) is 18.4. The molecule has 140 valence electrons. The van der Waals surface area contributed by atoms with E-state index in [0.29, 0.717) is 17.9 Å². The van der Waals surface area contributed by atoms with E-state index < -0.39 is 11.9 Å². The van der Waals surface area contributed by atoms with Crippen LogP contribution in [0.25, 0.3) is 0 Å². The van der Waals surface area contributed by atoms with Crippen LogP contribution in [-0.4, -0.2) is 36.5 Å². The van der Waals surface area contributed by atoms with Gasteiger partial charge in [-0.2, -0.15) is 10.2 Å². The molecule has 0 fully saturated rings. The summed E-state index contributed by atoms with van der Waals surface area (Å²) in [5.41, 5.74) is 4.66. The molecule has 2 aromatic heterocycles. The van der Waals surface area contributed by atoms with Gasteiger partial charge in [-0.25, -0.2) is 0 Å². The molecule has 27 heavy (non-hydrogen) atoms. The molecule has 2 N–H and O–H groups in total. The number of hydrogen-bond acceptors (Lipinski definition) is 4. The molecule has 0 aliphatic rings. The number of carbonyl (C=O) groups is 2. The van der Waals surface area contributed by atoms with E-state index in [1.165, 1.54) is 22.5 Å². The Morgan fingerprint density at radius 1 is 1.07 bits per heavy atom. The number of nitrogens with one attached hydrogen (secondary N) is 1. The molecule has 0 bridgehead atoms. The molecule has 3 aromatic rings. The lowest BCUT2D eigenvalue weighted by Crippen LogP contribution is -2.16. The fourth-order valence-corrected chi connectivity index (χ4v) is 2.79. The lowest BCUT2D eigenvalue weighted by molar-refractivity contribution is -0.137. The topological polar surface area (TPSA) is 102 Å². The van der Waals surface area contributed by atoms with Gasteiger partial charge in [0.05, 0.1) is 23.6 Å². The molecule has 0 aliphatic heterocycles. The molecular formula is C19H21N5O3. The average molecular weight is 367 g/mol. The summed E-state index contributed by atoms with van der Waals surface area (Å²) < 4.78 is 3.05. The van der Waals surface area contributed by atoms with E-state index in [4.69, 9.17) is 5.11 Å². The smallest absolute Gasteiger partial charge is 0.325 e. The van der Waals surface area contributed by atoms with E-state index in [1.54, 1.807) is 0 Å². The Kier molecular flexibility index (Phi) is 5.07. The lowest BCUT2D eigenvalue weighted by Gasteiger charge is -2.07. The number of aliphatic carboxylic acids is 1. The number of carboxylic acid groups (broad SMARTS) is 1. The van der Waals surface area contributed by atoms with Crippen LogP contribution in [0.3, 0.4) is 0 Å². The molecule has 3 rings (SSSR count). The van der Waals surface area contributed by atoms with Crippen molar-refractivity contribution in [2.75, 3.05) is 5.32 Å². The van der Waals surface area contributed by atoms with Crippen LogP contribution in [0.5, 0.6) is 0 Å². The van der Waals surface area contributed by atoms with Gasteiger partial charge in [0, 0.05) is 6.20 Å². The highest BCUT2D eigenvalue weighted by Gasteiger charge is 2.17. The van der Waals surface area contributed by atoms with Crippen molar-refractivity contribution in [3.05, 3.63) is 64.7 Å². The van der Waals surface area contributed by atoms with Gasteiger partial charge in [0.25, 0.3) is 5.91 Å². The third-order valence-corrected chi connectivity index (χ3v) is 4.24. The van der Waals surface area contributed by atoms with Gasteiger partial charge in [0.15, 0.2) is 5.69 Å². The Morgan fingerprint density at radius 2 is 1.78 bits per heavy atom. The molecule has 1 aromatic carbocycles. The van der Waals surface area contributed by atoms with E-state index in [2.05, 4.69) is 39.8 Å². The second kappa shape index (κ2) is 7.45. The number of aromatic nitrogens is 4. The van der Waals surface area contributed by atoms with E-state index in [1.807, 2.05) is 25.5 Å². The van der Waals surface area contributed by atoms with Crippen LogP contribution in [0.15, 0.2) is 36.5 Å². The van der Waals surface area contributed by atoms with Crippen LogP contribution in [0.2, 0.25) is 0 Å². The maximum atomic E-state index is 12.5. The zero-order valence-corrected chi connectivity index (χ0v) is 15.4. The largest absolute Gasteiger partial charge is 0.480 e. The van der Waals surface area contributed by atoms with Crippen molar-refractivity contribution < 1.29 is 14.7 Å². The Labute approximate surface area is 156 Å². The van der Waals surface area contributed by atoms with Gasteiger partial charge in [-0.15, -0.1) is 0 Å². The zero-order valence-electron chi connectivity index (χ0n) is 15.4. The van der Waals surface area contributed by atoms with E-state index in [-0.39, 0.29) is 12.2 Å². The van der Waals surface area contributed by atoms with Gasteiger partial charge in [0.2, 0.25) is 0 Å². The van der Waals surface area contributed by atoms with Crippen LogP contribution >= 0.6 is 0 Å². The number of amides is 1. The van der Waals surface area contributed by atoms with Gasteiger partial charge in [-0.05, 0) is 32.4 Å². The molecule has 0 atom stereocenters. The minimum absolute atomic E-state index is 0.154. The molecule has 0 aliphatic carbocycles. The second-order valence-corrected chi connectivity index (χ2v) is 6.44. The molecule has 8 heteroatoms. The minimum atomic E-state index is -1.02. The standard InChI is InChI=1S/C19H21N5O3/c1-12-4-6-15(7-5-12)10-24-14(3)18(13(2)21-24)20-19(27)16-8-9-23(22-16)11-17(25)26/h4-9H,10-11H2,1-3H3,(H,20,27)(H,25,26). The van der Waals surface area contributed by atoms with Gasteiger partial charge >= 0.3 is 5.97 Å². The Morgan fingerprint density at radius 3 is 2.44 bits per heavy atom. The summed E-state index contributed by atoms with van der Waals surface area (Å²) >= 11 is 0. The molecule has 0 saturated heterocycles. The fraction of sp³-hybridized carbons (Fsp3) is 0.263. The van der Waals surface area contributed by atoms with Crippen molar-refractivity contribution in [3.8, 4) is 0 Å². The summed E-state index contributed by atoms with van der Waals surface area (Å²) in [6, 6.07) is 9.70. The quantitative estimate of drug-likeness (QED) is 0.696. The number of rotatable bonds is 6. The van der Waals surface area contributed by atoms with E-state index >= 15 is 0 Å². The summed E-state index contributed by atoms with van der Waals surface area (Å²) in [4.78, 5) is 23.2. The molecular weight excluding hydrogens is 346 g/mol. The van der Waals surface area contributed by atoms with Crippen LogP contribution in [0.4, 0.5) is 5.69 Å². The first-order valence-corrected chi connectivity index (χ1v) is 8.49. The SMILES string of the molecule is Cc1ccc(Cn2nc(C)c(NC(=O)c3ccn(CC(=O)O)n3)c2C)cc1. The third-order valence-electron chi connectivity index (χ3n) is 4.24. The van der Waals surface area contributed by atoms with Crippen molar-refractivity contribution >= 4 is 17.6 Å². The summed E-state index contributed by atoms with van der Waals surface area (Å²) in [5.74, 6) is -1.42. The first-order valence-electron chi connectivity index (χ1n) is 8.49. The summed E-state index contributed by atoms with van der Waals surface area (Å²) in [6.45, 7) is 6.08. The van der Waals surface area contributed by atoms with Crippen molar-refractivity contribution in [2.24, 2.45) is 0 Å². The maximum absolute atomic E-state index is 12.5. The summed E-state index contributed by atoms with van der Waals surface area (Å²) in [7, 11) is 0.